The Morgan fingerprint density at radius 1 is 1.15 bits per heavy atom. The van der Waals surface area contributed by atoms with Gasteiger partial charge in [-0.3, -0.25) is 0 Å². The summed E-state index contributed by atoms with van der Waals surface area (Å²) in [6.45, 7) is 5.69. The van der Waals surface area contributed by atoms with Crippen LogP contribution in [0.3, 0.4) is 0 Å². The van der Waals surface area contributed by atoms with Crippen molar-refractivity contribution in [3.63, 3.8) is 0 Å². The molecule has 1 spiro atoms. The summed E-state index contributed by atoms with van der Waals surface area (Å²) in [5, 5.41) is 3.40. The lowest BCUT2D eigenvalue weighted by atomic mass is 10.0. The van der Waals surface area contributed by atoms with Crippen molar-refractivity contribution in [3.05, 3.63) is 41.7 Å². The highest BCUT2D eigenvalue weighted by Gasteiger charge is 2.40. The first-order valence-corrected chi connectivity index (χ1v) is 9.42. The second-order valence-corrected chi connectivity index (χ2v) is 6.92. The van der Waals surface area contributed by atoms with E-state index in [1.807, 2.05) is 37.3 Å². The lowest BCUT2D eigenvalue weighted by molar-refractivity contribution is -0.169. The molecule has 4 rings (SSSR count). The maximum Gasteiger partial charge on any atom is 0.171 e. The molecule has 0 bridgehead atoms. The number of rotatable bonds is 5. The summed E-state index contributed by atoms with van der Waals surface area (Å²) < 4.78 is 17.1. The summed E-state index contributed by atoms with van der Waals surface area (Å²) in [5.41, 5.74) is 1.09. The Kier molecular flexibility index (Phi) is 5.13. The van der Waals surface area contributed by atoms with E-state index in [1.165, 1.54) is 0 Å². The molecule has 2 aliphatic heterocycles. The first-order chi connectivity index (χ1) is 13.2. The van der Waals surface area contributed by atoms with Gasteiger partial charge in [0, 0.05) is 44.1 Å². The van der Waals surface area contributed by atoms with E-state index in [4.69, 9.17) is 14.2 Å². The van der Waals surface area contributed by atoms with Gasteiger partial charge in [0.25, 0.3) is 0 Å². The molecule has 1 aromatic heterocycles. The molecule has 2 aliphatic rings. The first-order valence-electron chi connectivity index (χ1n) is 9.42. The van der Waals surface area contributed by atoms with Crippen molar-refractivity contribution in [2.45, 2.75) is 32.1 Å². The third-order valence-electron chi connectivity index (χ3n) is 5.14. The summed E-state index contributed by atoms with van der Waals surface area (Å²) in [6.07, 6.45) is 1.72. The molecule has 0 amide bonds. The summed E-state index contributed by atoms with van der Waals surface area (Å²) in [5.74, 6) is 3.01. The predicted molar refractivity (Wildman–Crippen MR) is 103 cm³/mol. The average Bonchev–Trinajstić information content (AvgIpc) is 3.14. The van der Waals surface area contributed by atoms with E-state index in [2.05, 4.69) is 20.2 Å². The fourth-order valence-corrected chi connectivity index (χ4v) is 3.70. The number of methoxy groups -OCH3 is 1. The van der Waals surface area contributed by atoms with Crippen LogP contribution in [0.5, 0.6) is 5.75 Å². The van der Waals surface area contributed by atoms with Crippen LogP contribution in [0, 0.1) is 6.92 Å². The van der Waals surface area contributed by atoms with Crippen LogP contribution in [-0.4, -0.2) is 49.2 Å². The molecule has 2 saturated heterocycles. The molecule has 7 heteroatoms. The summed E-state index contributed by atoms with van der Waals surface area (Å²) >= 11 is 0. The van der Waals surface area contributed by atoms with Gasteiger partial charge in [0.2, 0.25) is 0 Å². The molecule has 2 aromatic rings. The maximum absolute atomic E-state index is 5.82. The fourth-order valence-electron chi connectivity index (χ4n) is 3.70. The third-order valence-corrected chi connectivity index (χ3v) is 5.14. The highest BCUT2D eigenvalue weighted by molar-refractivity contribution is 5.50. The van der Waals surface area contributed by atoms with E-state index < -0.39 is 0 Å². The normalized spacial score (nSPS) is 18.7. The molecule has 27 heavy (non-hydrogen) atoms. The van der Waals surface area contributed by atoms with Crippen LogP contribution in [0.1, 0.15) is 24.2 Å². The molecular weight excluding hydrogens is 344 g/mol. The molecular formula is C20H26N4O3. The molecule has 1 aromatic carbocycles. The van der Waals surface area contributed by atoms with E-state index in [-0.39, 0.29) is 5.79 Å². The van der Waals surface area contributed by atoms with Gasteiger partial charge >= 0.3 is 0 Å². The molecule has 0 aliphatic carbocycles. The van der Waals surface area contributed by atoms with E-state index in [1.54, 1.807) is 7.11 Å². The van der Waals surface area contributed by atoms with Gasteiger partial charge in [0.1, 0.15) is 23.2 Å². The molecule has 144 valence electrons. The van der Waals surface area contributed by atoms with Crippen LogP contribution in [0.15, 0.2) is 30.3 Å². The number of para-hydroxylation sites is 1. The summed E-state index contributed by atoms with van der Waals surface area (Å²) in [7, 11) is 1.69. The van der Waals surface area contributed by atoms with Gasteiger partial charge < -0.3 is 24.4 Å². The Labute approximate surface area is 159 Å². The average molecular weight is 370 g/mol. The minimum absolute atomic E-state index is 0.372. The second kappa shape index (κ2) is 7.70. The minimum atomic E-state index is -0.372. The molecule has 0 unspecified atom stereocenters. The van der Waals surface area contributed by atoms with E-state index in [0.29, 0.717) is 19.8 Å². The molecule has 0 saturated carbocycles. The van der Waals surface area contributed by atoms with Crippen LogP contribution in [0.4, 0.5) is 11.6 Å². The number of piperidine rings is 1. The molecule has 3 heterocycles. The largest absolute Gasteiger partial charge is 0.496 e. The molecule has 0 atom stereocenters. The van der Waals surface area contributed by atoms with Crippen molar-refractivity contribution in [1.82, 2.24) is 9.97 Å². The zero-order chi connectivity index (χ0) is 18.7. The van der Waals surface area contributed by atoms with E-state index >= 15 is 0 Å². The van der Waals surface area contributed by atoms with Gasteiger partial charge in [-0.2, -0.15) is 0 Å². The van der Waals surface area contributed by atoms with Crippen molar-refractivity contribution in [1.29, 1.82) is 0 Å². The van der Waals surface area contributed by atoms with E-state index in [0.717, 1.165) is 54.7 Å². The minimum Gasteiger partial charge on any atom is -0.496 e. The highest BCUT2D eigenvalue weighted by Crippen LogP contribution is 2.33. The molecule has 7 nitrogen and oxygen atoms in total. The predicted octanol–water partition coefficient (Wildman–Crippen LogP) is 2.75. The Bertz CT molecular complexity index is 783. The Balaban J connectivity index is 1.44. The second-order valence-electron chi connectivity index (χ2n) is 6.92. The van der Waals surface area contributed by atoms with Gasteiger partial charge in [-0.15, -0.1) is 0 Å². The van der Waals surface area contributed by atoms with Gasteiger partial charge in [-0.1, -0.05) is 18.2 Å². The maximum atomic E-state index is 5.82. The summed E-state index contributed by atoms with van der Waals surface area (Å²) in [4.78, 5) is 11.4. The van der Waals surface area contributed by atoms with Gasteiger partial charge in [0.15, 0.2) is 5.79 Å². The Hall–Kier alpha value is -2.38. The Morgan fingerprint density at radius 3 is 2.63 bits per heavy atom. The third kappa shape index (κ3) is 3.99. The number of aryl methyl sites for hydroxylation is 1. The number of nitrogens with zero attached hydrogens (tertiary/aromatic N) is 3. The summed E-state index contributed by atoms with van der Waals surface area (Å²) in [6, 6.07) is 10.00. The quantitative estimate of drug-likeness (QED) is 0.868. The fraction of sp³-hybridized carbons (Fsp3) is 0.500. The number of ether oxygens (including phenoxy) is 3. The number of hydrogen-bond acceptors (Lipinski definition) is 7. The number of anilines is 2. The van der Waals surface area contributed by atoms with Crippen molar-refractivity contribution in [2.75, 3.05) is 43.6 Å². The van der Waals surface area contributed by atoms with Crippen molar-refractivity contribution in [2.24, 2.45) is 0 Å². The van der Waals surface area contributed by atoms with Crippen LogP contribution in [-0.2, 0) is 16.0 Å². The SMILES string of the molecule is COc1ccccc1CNc1cc(N2CCC3(CC2)OCCO3)nc(C)n1. The van der Waals surface area contributed by atoms with Gasteiger partial charge in [-0.25, -0.2) is 9.97 Å². The topological polar surface area (TPSA) is 68.7 Å². The lowest BCUT2D eigenvalue weighted by Gasteiger charge is -2.38. The van der Waals surface area contributed by atoms with Crippen molar-refractivity contribution >= 4 is 11.6 Å². The molecule has 2 fully saturated rings. The number of aromatic nitrogens is 2. The van der Waals surface area contributed by atoms with Crippen LogP contribution >= 0.6 is 0 Å². The van der Waals surface area contributed by atoms with Crippen LogP contribution in [0.25, 0.3) is 0 Å². The number of hydrogen-bond donors (Lipinski definition) is 1. The van der Waals surface area contributed by atoms with E-state index in [9.17, 15) is 0 Å². The monoisotopic (exact) mass is 370 g/mol. The first kappa shape index (κ1) is 18.0. The zero-order valence-electron chi connectivity index (χ0n) is 15.9. The molecule has 0 radical (unpaired) electrons. The number of benzene rings is 1. The smallest absolute Gasteiger partial charge is 0.171 e. The standard InChI is InChI=1S/C20H26N4O3/c1-15-22-18(21-14-16-5-3-4-6-17(16)25-2)13-19(23-15)24-9-7-20(8-10-24)26-11-12-27-20/h3-6,13H,7-12,14H2,1-2H3,(H,21,22,23). The highest BCUT2D eigenvalue weighted by atomic mass is 16.7. The van der Waals surface area contributed by atoms with Gasteiger partial charge in [-0.05, 0) is 13.0 Å². The van der Waals surface area contributed by atoms with Crippen LogP contribution < -0.4 is 15.0 Å². The molecule has 1 N–H and O–H groups in total. The Morgan fingerprint density at radius 2 is 1.89 bits per heavy atom. The zero-order valence-corrected chi connectivity index (χ0v) is 15.9. The van der Waals surface area contributed by atoms with Crippen molar-refractivity contribution in [3.8, 4) is 5.75 Å². The number of nitrogens with one attached hydrogen (secondary N) is 1. The van der Waals surface area contributed by atoms with Crippen LogP contribution in [0.2, 0.25) is 0 Å². The lowest BCUT2D eigenvalue weighted by Crippen LogP contribution is -2.45. The van der Waals surface area contributed by atoms with Gasteiger partial charge in [0.05, 0.1) is 20.3 Å². The van der Waals surface area contributed by atoms with Crippen molar-refractivity contribution < 1.29 is 14.2 Å².